The standard InChI is InChI=1S/C12H22N2/c1-2-4-6-8-10-13-12-14-11-9-7-5-3-1/h1-11H2. The average Bonchev–Trinajstić information content (AvgIpc) is 2.22. The van der Waals surface area contributed by atoms with Gasteiger partial charge in [-0.2, -0.15) is 0 Å². The Balaban J connectivity index is 2.18. The average molecular weight is 194 g/mol. The molecule has 0 unspecified atom stereocenters. The van der Waals surface area contributed by atoms with E-state index in [4.69, 9.17) is 0 Å². The molecule has 0 atom stereocenters. The lowest BCUT2D eigenvalue weighted by molar-refractivity contribution is 0.561. The molecule has 0 aliphatic carbocycles. The zero-order valence-corrected chi connectivity index (χ0v) is 9.17. The molecule has 80 valence electrons. The quantitative estimate of drug-likeness (QED) is 0.562. The van der Waals surface area contributed by atoms with Crippen LogP contribution >= 0.6 is 0 Å². The summed E-state index contributed by atoms with van der Waals surface area (Å²) in [4.78, 5) is 8.28. The van der Waals surface area contributed by atoms with Crippen molar-refractivity contribution in [2.75, 3.05) is 13.1 Å². The molecule has 1 aliphatic rings. The van der Waals surface area contributed by atoms with Gasteiger partial charge >= 0.3 is 0 Å². The van der Waals surface area contributed by atoms with Gasteiger partial charge in [-0.05, 0) is 12.8 Å². The first-order chi connectivity index (χ1) is 7.00. The fraction of sp³-hybridized carbons (Fsp3) is 0.917. The zero-order chi connectivity index (χ0) is 9.90. The van der Waals surface area contributed by atoms with Crippen molar-refractivity contribution in [3.8, 4) is 0 Å². The van der Waals surface area contributed by atoms with Gasteiger partial charge in [-0.1, -0.05) is 44.9 Å². The van der Waals surface area contributed by atoms with Crippen LogP contribution in [0.2, 0.25) is 0 Å². The Bertz CT molecular complexity index is 165. The molecule has 1 rings (SSSR count). The lowest BCUT2D eigenvalue weighted by atomic mass is 10.1. The minimum atomic E-state index is 0.920. The van der Waals surface area contributed by atoms with Crippen LogP contribution in [0.4, 0.5) is 0 Å². The zero-order valence-electron chi connectivity index (χ0n) is 9.17. The van der Waals surface area contributed by atoms with Crippen molar-refractivity contribution in [2.24, 2.45) is 9.98 Å². The summed E-state index contributed by atoms with van der Waals surface area (Å²) < 4.78 is 0. The molecule has 0 saturated heterocycles. The second kappa shape index (κ2) is 8.96. The van der Waals surface area contributed by atoms with Crippen molar-refractivity contribution in [1.29, 1.82) is 0 Å². The lowest BCUT2D eigenvalue weighted by Gasteiger charge is -2.01. The Morgan fingerprint density at radius 3 is 1.29 bits per heavy atom. The van der Waals surface area contributed by atoms with Gasteiger partial charge in [0.05, 0.1) is 6.01 Å². The fourth-order valence-corrected chi connectivity index (χ4v) is 1.77. The number of hydrogen-bond acceptors (Lipinski definition) is 2. The maximum absolute atomic E-state index is 4.14. The summed E-state index contributed by atoms with van der Waals surface area (Å²) in [5.41, 5.74) is 0. The first-order valence-electron chi connectivity index (χ1n) is 6.08. The van der Waals surface area contributed by atoms with Crippen LogP contribution in [0.15, 0.2) is 9.98 Å². The van der Waals surface area contributed by atoms with Gasteiger partial charge < -0.3 is 0 Å². The topological polar surface area (TPSA) is 24.7 Å². The second-order valence-corrected chi connectivity index (χ2v) is 4.05. The molecule has 2 heteroatoms. The molecule has 0 saturated carbocycles. The second-order valence-electron chi connectivity index (χ2n) is 4.05. The van der Waals surface area contributed by atoms with Crippen LogP contribution < -0.4 is 0 Å². The molecule has 0 spiro atoms. The van der Waals surface area contributed by atoms with E-state index < -0.39 is 0 Å². The molecule has 0 amide bonds. The summed E-state index contributed by atoms with van der Waals surface area (Å²) in [7, 11) is 0. The summed E-state index contributed by atoms with van der Waals surface area (Å²) in [6.07, 6.45) is 12.1. The molecule has 0 aromatic rings. The summed E-state index contributed by atoms with van der Waals surface area (Å²) in [6.45, 7) is 1.84. The monoisotopic (exact) mass is 194 g/mol. The molecule has 0 radical (unpaired) electrons. The van der Waals surface area contributed by atoms with Gasteiger partial charge in [0, 0.05) is 13.1 Å². The number of aliphatic imine (C=N–C) groups is 2. The van der Waals surface area contributed by atoms with Crippen LogP contribution in [0.5, 0.6) is 0 Å². The summed E-state index contributed by atoms with van der Waals surface area (Å²) in [6, 6.07) is 2.79. The van der Waals surface area contributed by atoms with Crippen molar-refractivity contribution in [3.63, 3.8) is 0 Å². The molecule has 0 aromatic heterocycles. The van der Waals surface area contributed by atoms with E-state index in [-0.39, 0.29) is 0 Å². The van der Waals surface area contributed by atoms with E-state index in [1.165, 1.54) is 57.8 Å². The van der Waals surface area contributed by atoms with Crippen LogP contribution in [-0.4, -0.2) is 19.1 Å². The van der Waals surface area contributed by atoms with E-state index in [9.17, 15) is 0 Å². The van der Waals surface area contributed by atoms with Crippen LogP contribution in [0.25, 0.3) is 0 Å². The van der Waals surface area contributed by atoms with Crippen LogP contribution in [0.3, 0.4) is 0 Å². The third-order valence-corrected chi connectivity index (χ3v) is 2.68. The van der Waals surface area contributed by atoms with Gasteiger partial charge in [0.1, 0.15) is 0 Å². The molecule has 2 nitrogen and oxygen atoms in total. The fourth-order valence-electron chi connectivity index (χ4n) is 1.77. The first-order valence-corrected chi connectivity index (χ1v) is 6.08. The Hall–Kier alpha value is -0.620. The third kappa shape index (κ3) is 6.85. The third-order valence-electron chi connectivity index (χ3n) is 2.68. The Labute approximate surface area is 87.5 Å². The van der Waals surface area contributed by atoms with Crippen molar-refractivity contribution >= 4 is 6.01 Å². The van der Waals surface area contributed by atoms with Crippen LogP contribution in [0, 0.1) is 0 Å². The van der Waals surface area contributed by atoms with Crippen molar-refractivity contribution in [1.82, 2.24) is 0 Å². The van der Waals surface area contributed by atoms with E-state index >= 15 is 0 Å². The van der Waals surface area contributed by atoms with E-state index in [2.05, 4.69) is 16.0 Å². The summed E-state index contributed by atoms with van der Waals surface area (Å²) in [5.74, 6) is 0. The molecular formula is C12H22N2. The molecule has 0 aromatic carbocycles. The maximum Gasteiger partial charge on any atom is 0.0892 e. The smallest absolute Gasteiger partial charge is 0.0892 e. The minimum Gasteiger partial charge on any atom is -0.226 e. The highest BCUT2D eigenvalue weighted by Gasteiger charge is 1.92. The Morgan fingerprint density at radius 1 is 0.500 bits per heavy atom. The van der Waals surface area contributed by atoms with Gasteiger partial charge in [-0.15, -0.1) is 0 Å². The van der Waals surface area contributed by atoms with Gasteiger partial charge in [0.2, 0.25) is 0 Å². The lowest BCUT2D eigenvalue weighted by Crippen LogP contribution is -1.87. The van der Waals surface area contributed by atoms with Crippen LogP contribution in [0.1, 0.15) is 57.8 Å². The number of rotatable bonds is 0. The normalized spacial score (nSPS) is 21.7. The van der Waals surface area contributed by atoms with E-state index in [0.29, 0.717) is 0 Å². The highest BCUT2D eigenvalue weighted by molar-refractivity contribution is 5.40. The highest BCUT2D eigenvalue weighted by Crippen LogP contribution is 2.09. The predicted octanol–water partition coefficient (Wildman–Crippen LogP) is 3.68. The van der Waals surface area contributed by atoms with Gasteiger partial charge in [-0.3, -0.25) is 0 Å². The first kappa shape index (κ1) is 11.5. The SMILES string of the molecule is C1=NCCCCCCCCCCCN=1. The molecular weight excluding hydrogens is 172 g/mol. The largest absolute Gasteiger partial charge is 0.226 e. The number of nitrogens with zero attached hydrogens (tertiary/aromatic N) is 2. The van der Waals surface area contributed by atoms with Crippen molar-refractivity contribution in [3.05, 3.63) is 0 Å². The van der Waals surface area contributed by atoms with E-state index in [0.717, 1.165) is 13.1 Å². The van der Waals surface area contributed by atoms with Crippen molar-refractivity contribution in [2.45, 2.75) is 57.8 Å². The summed E-state index contributed by atoms with van der Waals surface area (Å²) in [5, 5.41) is 0. The van der Waals surface area contributed by atoms with E-state index in [1.807, 2.05) is 0 Å². The van der Waals surface area contributed by atoms with Crippen LogP contribution in [-0.2, 0) is 0 Å². The van der Waals surface area contributed by atoms with Gasteiger partial charge in [0.15, 0.2) is 0 Å². The molecule has 14 heavy (non-hydrogen) atoms. The maximum atomic E-state index is 4.14. The molecule has 1 aliphatic heterocycles. The Kier molecular flexibility index (Phi) is 7.33. The van der Waals surface area contributed by atoms with Gasteiger partial charge in [0.25, 0.3) is 0 Å². The molecule has 1 heterocycles. The van der Waals surface area contributed by atoms with Crippen molar-refractivity contribution < 1.29 is 0 Å². The highest BCUT2D eigenvalue weighted by atomic mass is 14.8. The predicted molar refractivity (Wildman–Crippen MR) is 61.2 cm³/mol. The molecule has 0 fully saturated rings. The van der Waals surface area contributed by atoms with E-state index in [1.54, 1.807) is 0 Å². The number of hydrogen-bond donors (Lipinski definition) is 0. The molecule has 0 bridgehead atoms. The minimum absolute atomic E-state index is 0.920. The molecule has 0 N–H and O–H groups in total. The summed E-state index contributed by atoms with van der Waals surface area (Å²) >= 11 is 0. The Morgan fingerprint density at radius 2 is 0.857 bits per heavy atom. The van der Waals surface area contributed by atoms with Gasteiger partial charge in [-0.25, -0.2) is 9.98 Å².